The molecule has 3 heteroatoms. The number of aryl methyl sites for hydroxylation is 1. The zero-order valence-electron chi connectivity index (χ0n) is 5.56. The van der Waals surface area contributed by atoms with E-state index in [0.29, 0.717) is 5.76 Å². The number of furan rings is 1. The van der Waals surface area contributed by atoms with Gasteiger partial charge in [-0.1, -0.05) is 0 Å². The second kappa shape index (κ2) is 2.88. The van der Waals surface area contributed by atoms with E-state index in [-0.39, 0.29) is 6.42 Å². The maximum absolute atomic E-state index is 10.3. The molecule has 0 saturated carbocycles. The number of halogens is 1. The second-order valence-electron chi connectivity index (χ2n) is 2.04. The van der Waals surface area contributed by atoms with Crippen molar-refractivity contribution in [3.63, 3.8) is 0 Å². The van der Waals surface area contributed by atoms with Crippen LogP contribution in [0.1, 0.15) is 11.5 Å². The van der Waals surface area contributed by atoms with Crippen LogP contribution in [-0.2, 0) is 11.2 Å². The van der Waals surface area contributed by atoms with E-state index >= 15 is 0 Å². The summed E-state index contributed by atoms with van der Waals surface area (Å²) in [6.45, 7) is 1.82. The normalized spacial score (nSPS) is 9.80. The highest BCUT2D eigenvalue weighted by atomic mass is 35.5. The Morgan fingerprint density at radius 3 is 2.80 bits per heavy atom. The summed E-state index contributed by atoms with van der Waals surface area (Å²) in [5.74, 6) is 1.42. The molecule has 1 aromatic heterocycles. The number of rotatable bonds is 2. The smallest absolute Gasteiger partial charge is 0.229 e. The van der Waals surface area contributed by atoms with Crippen LogP contribution in [0.2, 0.25) is 0 Å². The topological polar surface area (TPSA) is 30.2 Å². The molecular formula is C7H7ClO2. The van der Waals surface area contributed by atoms with Crippen LogP contribution >= 0.6 is 11.6 Å². The van der Waals surface area contributed by atoms with Crippen LogP contribution < -0.4 is 0 Å². The number of hydrogen-bond donors (Lipinski definition) is 0. The van der Waals surface area contributed by atoms with Gasteiger partial charge < -0.3 is 4.42 Å². The summed E-state index contributed by atoms with van der Waals surface area (Å²) in [6, 6.07) is 3.55. The van der Waals surface area contributed by atoms with E-state index in [4.69, 9.17) is 16.0 Å². The fourth-order valence-corrected chi connectivity index (χ4v) is 0.849. The van der Waals surface area contributed by atoms with Crippen LogP contribution in [0, 0.1) is 6.92 Å². The molecule has 0 aromatic carbocycles. The van der Waals surface area contributed by atoms with Crippen LogP contribution in [0.15, 0.2) is 16.5 Å². The molecule has 0 aliphatic rings. The van der Waals surface area contributed by atoms with Crippen LogP contribution in [-0.4, -0.2) is 5.24 Å². The van der Waals surface area contributed by atoms with Crippen LogP contribution in [0.4, 0.5) is 0 Å². The van der Waals surface area contributed by atoms with E-state index in [9.17, 15) is 4.79 Å². The Hall–Kier alpha value is -0.760. The Morgan fingerprint density at radius 2 is 2.40 bits per heavy atom. The third kappa shape index (κ3) is 1.88. The zero-order chi connectivity index (χ0) is 7.56. The molecule has 0 saturated heterocycles. The maximum atomic E-state index is 10.3. The summed E-state index contributed by atoms with van der Waals surface area (Å²) < 4.78 is 5.09. The van der Waals surface area contributed by atoms with E-state index in [2.05, 4.69) is 0 Å². The first-order valence-corrected chi connectivity index (χ1v) is 3.30. The number of carbonyl (C=O) groups excluding carboxylic acids is 1. The van der Waals surface area contributed by atoms with Gasteiger partial charge in [0.05, 0.1) is 6.42 Å². The van der Waals surface area contributed by atoms with E-state index in [1.165, 1.54) is 0 Å². The molecule has 0 aliphatic heterocycles. The first-order chi connectivity index (χ1) is 4.68. The zero-order valence-corrected chi connectivity index (χ0v) is 6.31. The summed E-state index contributed by atoms with van der Waals surface area (Å²) in [5, 5.41) is -0.394. The molecule has 0 atom stereocenters. The van der Waals surface area contributed by atoms with Gasteiger partial charge >= 0.3 is 0 Å². The summed E-state index contributed by atoms with van der Waals surface area (Å²) in [6.07, 6.45) is 0.176. The summed E-state index contributed by atoms with van der Waals surface area (Å²) in [4.78, 5) is 10.3. The fourth-order valence-electron chi connectivity index (χ4n) is 0.717. The van der Waals surface area contributed by atoms with E-state index in [1.807, 2.05) is 6.92 Å². The molecule has 1 heterocycles. The van der Waals surface area contributed by atoms with Crippen LogP contribution in [0.5, 0.6) is 0 Å². The molecule has 2 nitrogen and oxygen atoms in total. The van der Waals surface area contributed by atoms with Gasteiger partial charge in [0, 0.05) is 0 Å². The Balaban J connectivity index is 2.67. The summed E-state index contributed by atoms with van der Waals surface area (Å²) in [7, 11) is 0. The molecular weight excluding hydrogens is 152 g/mol. The molecule has 0 unspecified atom stereocenters. The Labute approximate surface area is 63.8 Å². The lowest BCUT2D eigenvalue weighted by atomic mass is 10.3. The van der Waals surface area contributed by atoms with Crippen molar-refractivity contribution >= 4 is 16.8 Å². The molecule has 0 aliphatic carbocycles. The van der Waals surface area contributed by atoms with Gasteiger partial charge in [-0.05, 0) is 30.7 Å². The molecule has 1 rings (SSSR count). The monoisotopic (exact) mass is 158 g/mol. The van der Waals surface area contributed by atoms with E-state index in [1.54, 1.807) is 12.1 Å². The predicted molar refractivity (Wildman–Crippen MR) is 38.0 cm³/mol. The van der Waals surface area contributed by atoms with Crippen molar-refractivity contribution in [2.75, 3.05) is 0 Å². The highest BCUT2D eigenvalue weighted by Crippen LogP contribution is 2.07. The summed E-state index contributed by atoms with van der Waals surface area (Å²) in [5.41, 5.74) is 0. The molecule has 0 N–H and O–H groups in total. The number of hydrogen-bond acceptors (Lipinski definition) is 2. The van der Waals surface area contributed by atoms with Crippen LogP contribution in [0.25, 0.3) is 0 Å². The Kier molecular flexibility index (Phi) is 2.12. The molecule has 0 amide bonds. The van der Waals surface area contributed by atoms with Gasteiger partial charge in [0.25, 0.3) is 0 Å². The average Bonchev–Trinajstić information content (AvgIpc) is 2.13. The third-order valence-corrected chi connectivity index (χ3v) is 1.24. The van der Waals surface area contributed by atoms with Gasteiger partial charge in [0.15, 0.2) is 0 Å². The molecule has 54 valence electrons. The Bertz CT molecular complexity index is 240. The Morgan fingerprint density at radius 1 is 1.70 bits per heavy atom. The van der Waals surface area contributed by atoms with Gasteiger partial charge in [-0.25, -0.2) is 0 Å². The van der Waals surface area contributed by atoms with Crippen molar-refractivity contribution < 1.29 is 9.21 Å². The van der Waals surface area contributed by atoms with Crippen molar-refractivity contribution in [2.24, 2.45) is 0 Å². The van der Waals surface area contributed by atoms with Gasteiger partial charge in [0.1, 0.15) is 11.5 Å². The lowest BCUT2D eigenvalue weighted by Crippen LogP contribution is -1.89. The molecule has 0 fully saturated rings. The van der Waals surface area contributed by atoms with Crippen LogP contribution in [0.3, 0.4) is 0 Å². The predicted octanol–water partition coefficient (Wildman–Crippen LogP) is 1.90. The minimum absolute atomic E-state index is 0.176. The van der Waals surface area contributed by atoms with Gasteiger partial charge in [-0.2, -0.15) is 0 Å². The lowest BCUT2D eigenvalue weighted by molar-refractivity contribution is -0.111. The fraction of sp³-hybridized carbons (Fsp3) is 0.286. The number of carbonyl (C=O) groups is 1. The van der Waals surface area contributed by atoms with Gasteiger partial charge in [0.2, 0.25) is 5.24 Å². The SMILES string of the molecule is Cc1ccc(CC(=O)Cl)o1. The minimum Gasteiger partial charge on any atom is -0.466 e. The van der Waals surface area contributed by atoms with Crippen molar-refractivity contribution in [3.8, 4) is 0 Å². The molecule has 0 radical (unpaired) electrons. The maximum Gasteiger partial charge on any atom is 0.229 e. The largest absolute Gasteiger partial charge is 0.466 e. The molecule has 10 heavy (non-hydrogen) atoms. The molecule has 0 spiro atoms. The summed E-state index contributed by atoms with van der Waals surface area (Å²) >= 11 is 5.12. The molecule has 0 bridgehead atoms. The quantitative estimate of drug-likeness (QED) is 0.616. The first kappa shape index (κ1) is 7.35. The second-order valence-corrected chi connectivity index (χ2v) is 2.47. The first-order valence-electron chi connectivity index (χ1n) is 2.92. The highest BCUT2D eigenvalue weighted by molar-refractivity contribution is 6.63. The van der Waals surface area contributed by atoms with Crippen molar-refractivity contribution in [1.82, 2.24) is 0 Å². The van der Waals surface area contributed by atoms with Gasteiger partial charge in [-0.15, -0.1) is 0 Å². The third-order valence-electron chi connectivity index (χ3n) is 1.11. The van der Waals surface area contributed by atoms with Crippen molar-refractivity contribution in [1.29, 1.82) is 0 Å². The van der Waals surface area contributed by atoms with Crippen molar-refractivity contribution in [3.05, 3.63) is 23.7 Å². The van der Waals surface area contributed by atoms with E-state index in [0.717, 1.165) is 5.76 Å². The van der Waals surface area contributed by atoms with E-state index < -0.39 is 5.24 Å². The molecule has 1 aromatic rings. The highest BCUT2D eigenvalue weighted by Gasteiger charge is 2.02. The average molecular weight is 159 g/mol. The van der Waals surface area contributed by atoms with Gasteiger partial charge in [-0.3, -0.25) is 4.79 Å². The van der Waals surface area contributed by atoms with Crippen molar-refractivity contribution in [2.45, 2.75) is 13.3 Å². The minimum atomic E-state index is -0.394. The lowest BCUT2D eigenvalue weighted by Gasteiger charge is -1.86. The standard InChI is InChI=1S/C7H7ClO2/c1-5-2-3-6(10-5)4-7(8)9/h2-3H,4H2,1H3.